The van der Waals surface area contributed by atoms with Gasteiger partial charge >= 0.3 is 0 Å². The average Bonchev–Trinajstić information content (AvgIpc) is 2.99. The number of carbonyl (C=O) groups is 1. The maximum Gasteiger partial charge on any atom is 0.159 e. The van der Waals surface area contributed by atoms with E-state index in [1.54, 1.807) is 31.2 Å². The Morgan fingerprint density at radius 1 is 1.15 bits per heavy atom. The number of fused-ring (bicyclic) bond motifs is 1. The van der Waals surface area contributed by atoms with Crippen molar-refractivity contribution in [2.75, 3.05) is 6.61 Å². The molecule has 2 N–H and O–H groups in total. The summed E-state index contributed by atoms with van der Waals surface area (Å²) in [5.41, 5.74) is 2.24. The van der Waals surface area contributed by atoms with E-state index in [1.165, 1.54) is 6.92 Å². The first-order valence-corrected chi connectivity index (χ1v) is 8.51. The zero-order valence-electron chi connectivity index (χ0n) is 14.8. The molecule has 3 rings (SSSR count). The lowest BCUT2D eigenvalue weighted by molar-refractivity contribution is 0.0894. The standard InChI is InChI=1S/C20H22N2O4/c1-13(23)15-7-9-17(10-8-15)26-12-16(25)11-22-19-6-4-3-5-18(19)21-20(22)14(2)24/h3-10,14,16,24-25H,11-12H2,1-2H3. The van der Waals surface area contributed by atoms with Crippen molar-refractivity contribution in [3.8, 4) is 5.75 Å². The van der Waals surface area contributed by atoms with Crippen LogP contribution in [0.4, 0.5) is 0 Å². The number of benzene rings is 2. The van der Waals surface area contributed by atoms with Gasteiger partial charge in [-0.3, -0.25) is 4.79 Å². The Morgan fingerprint density at radius 3 is 2.50 bits per heavy atom. The normalized spacial score (nSPS) is 13.5. The van der Waals surface area contributed by atoms with Gasteiger partial charge in [-0.05, 0) is 50.2 Å². The number of imidazole rings is 1. The Morgan fingerprint density at radius 2 is 1.85 bits per heavy atom. The lowest BCUT2D eigenvalue weighted by atomic mass is 10.1. The number of nitrogens with zero attached hydrogens (tertiary/aromatic N) is 2. The van der Waals surface area contributed by atoms with Crippen molar-refractivity contribution in [1.82, 2.24) is 9.55 Å². The molecule has 0 radical (unpaired) electrons. The Bertz CT molecular complexity index is 900. The van der Waals surface area contributed by atoms with Gasteiger partial charge in [-0.1, -0.05) is 12.1 Å². The van der Waals surface area contributed by atoms with E-state index in [0.717, 1.165) is 11.0 Å². The number of aromatic nitrogens is 2. The van der Waals surface area contributed by atoms with Crippen LogP contribution >= 0.6 is 0 Å². The Balaban J connectivity index is 1.70. The van der Waals surface area contributed by atoms with E-state index >= 15 is 0 Å². The average molecular weight is 354 g/mol. The highest BCUT2D eigenvalue weighted by atomic mass is 16.5. The molecule has 0 fully saturated rings. The van der Waals surface area contributed by atoms with Gasteiger partial charge in [0.05, 0.1) is 17.6 Å². The number of Topliss-reactive ketones (excluding diaryl/α,β-unsaturated/α-hetero) is 1. The second-order valence-corrected chi connectivity index (χ2v) is 6.29. The first kappa shape index (κ1) is 18.1. The van der Waals surface area contributed by atoms with Crippen molar-refractivity contribution in [3.63, 3.8) is 0 Å². The van der Waals surface area contributed by atoms with Crippen LogP contribution in [0.3, 0.4) is 0 Å². The van der Waals surface area contributed by atoms with Crippen LogP contribution in [0.5, 0.6) is 5.75 Å². The summed E-state index contributed by atoms with van der Waals surface area (Å²) in [6.07, 6.45) is -1.52. The van der Waals surface area contributed by atoms with Crippen molar-refractivity contribution in [2.45, 2.75) is 32.6 Å². The predicted octanol–water partition coefficient (Wildman–Crippen LogP) is 2.73. The summed E-state index contributed by atoms with van der Waals surface area (Å²) in [5.74, 6) is 1.09. The van der Waals surface area contributed by atoms with Crippen LogP contribution < -0.4 is 4.74 Å². The van der Waals surface area contributed by atoms with E-state index in [-0.39, 0.29) is 18.9 Å². The van der Waals surface area contributed by atoms with Gasteiger partial charge in [0, 0.05) is 5.56 Å². The number of ketones is 1. The van der Waals surface area contributed by atoms with Crippen molar-refractivity contribution >= 4 is 16.8 Å². The number of hydrogen-bond donors (Lipinski definition) is 2. The maximum atomic E-state index is 11.3. The molecule has 6 nitrogen and oxygen atoms in total. The Labute approximate surface area is 151 Å². The molecule has 136 valence electrons. The molecule has 2 unspecified atom stereocenters. The van der Waals surface area contributed by atoms with Gasteiger partial charge in [0.2, 0.25) is 0 Å². The minimum Gasteiger partial charge on any atom is -0.491 e. The smallest absolute Gasteiger partial charge is 0.159 e. The van der Waals surface area contributed by atoms with Gasteiger partial charge in [-0.15, -0.1) is 0 Å². The molecule has 3 aromatic rings. The second-order valence-electron chi connectivity index (χ2n) is 6.29. The second kappa shape index (κ2) is 7.68. The Kier molecular flexibility index (Phi) is 5.35. The van der Waals surface area contributed by atoms with Crippen LogP contribution in [-0.4, -0.2) is 38.3 Å². The molecule has 2 atom stereocenters. The molecule has 0 aliphatic heterocycles. The predicted molar refractivity (Wildman–Crippen MR) is 98.3 cm³/mol. The SMILES string of the molecule is CC(=O)c1ccc(OCC(O)Cn2c(C(C)O)nc3ccccc32)cc1. The van der Waals surface area contributed by atoms with Crippen molar-refractivity contribution in [3.05, 3.63) is 59.9 Å². The van der Waals surface area contributed by atoms with Crippen LogP contribution in [-0.2, 0) is 6.54 Å². The van der Waals surface area contributed by atoms with E-state index < -0.39 is 12.2 Å². The minimum absolute atomic E-state index is 0.00535. The van der Waals surface area contributed by atoms with Gasteiger partial charge in [0.1, 0.15) is 30.4 Å². The Hall–Kier alpha value is -2.70. The molecule has 0 amide bonds. The number of para-hydroxylation sites is 2. The number of hydrogen-bond acceptors (Lipinski definition) is 5. The van der Waals surface area contributed by atoms with E-state index in [2.05, 4.69) is 4.98 Å². The molecular formula is C20H22N2O4. The largest absolute Gasteiger partial charge is 0.491 e. The molecule has 0 aliphatic rings. The van der Waals surface area contributed by atoms with E-state index in [4.69, 9.17) is 4.74 Å². The summed E-state index contributed by atoms with van der Waals surface area (Å²) in [5, 5.41) is 20.4. The van der Waals surface area contributed by atoms with Gasteiger partial charge in [0.15, 0.2) is 5.78 Å². The highest BCUT2D eigenvalue weighted by molar-refractivity contribution is 5.94. The van der Waals surface area contributed by atoms with Crippen molar-refractivity contribution in [1.29, 1.82) is 0 Å². The van der Waals surface area contributed by atoms with E-state index in [1.807, 2.05) is 28.8 Å². The first-order valence-electron chi connectivity index (χ1n) is 8.51. The third-order valence-corrected chi connectivity index (χ3v) is 4.15. The highest BCUT2D eigenvalue weighted by Gasteiger charge is 2.17. The molecular weight excluding hydrogens is 332 g/mol. The molecule has 26 heavy (non-hydrogen) atoms. The molecule has 6 heteroatoms. The van der Waals surface area contributed by atoms with Crippen LogP contribution in [0, 0.1) is 0 Å². The van der Waals surface area contributed by atoms with E-state index in [0.29, 0.717) is 17.1 Å². The quantitative estimate of drug-likeness (QED) is 0.637. The summed E-state index contributed by atoms with van der Waals surface area (Å²) in [7, 11) is 0. The van der Waals surface area contributed by atoms with Crippen LogP contribution in [0.2, 0.25) is 0 Å². The van der Waals surface area contributed by atoms with E-state index in [9.17, 15) is 15.0 Å². The summed E-state index contributed by atoms with van der Waals surface area (Å²) < 4.78 is 7.42. The molecule has 0 bridgehead atoms. The fourth-order valence-electron chi connectivity index (χ4n) is 2.85. The van der Waals surface area contributed by atoms with Gasteiger partial charge in [-0.2, -0.15) is 0 Å². The van der Waals surface area contributed by atoms with Crippen molar-refractivity contribution < 1.29 is 19.7 Å². The lowest BCUT2D eigenvalue weighted by Crippen LogP contribution is -2.25. The zero-order chi connectivity index (χ0) is 18.7. The highest BCUT2D eigenvalue weighted by Crippen LogP contribution is 2.21. The van der Waals surface area contributed by atoms with Gasteiger partial charge in [-0.25, -0.2) is 4.98 Å². The number of aliphatic hydroxyl groups is 2. The molecule has 0 saturated heterocycles. The summed E-state index contributed by atoms with van der Waals surface area (Å²) in [6.45, 7) is 3.50. The topological polar surface area (TPSA) is 84.6 Å². The number of carbonyl (C=O) groups excluding carboxylic acids is 1. The molecule has 0 spiro atoms. The van der Waals surface area contributed by atoms with Gasteiger partial charge < -0.3 is 19.5 Å². The minimum atomic E-state index is -0.780. The van der Waals surface area contributed by atoms with Crippen molar-refractivity contribution in [2.24, 2.45) is 0 Å². The summed E-state index contributed by atoms with van der Waals surface area (Å²) >= 11 is 0. The van der Waals surface area contributed by atoms with Crippen LogP contribution in [0.1, 0.15) is 36.1 Å². The third kappa shape index (κ3) is 3.92. The fourth-order valence-corrected chi connectivity index (χ4v) is 2.85. The van der Waals surface area contributed by atoms with Gasteiger partial charge in [0.25, 0.3) is 0 Å². The number of aliphatic hydroxyl groups excluding tert-OH is 2. The van der Waals surface area contributed by atoms with Crippen LogP contribution in [0.15, 0.2) is 48.5 Å². The summed E-state index contributed by atoms with van der Waals surface area (Å²) in [4.78, 5) is 15.7. The van der Waals surface area contributed by atoms with Crippen LogP contribution in [0.25, 0.3) is 11.0 Å². The summed E-state index contributed by atoms with van der Waals surface area (Å²) in [6, 6.07) is 14.4. The first-order chi connectivity index (χ1) is 12.5. The number of ether oxygens (including phenoxy) is 1. The lowest BCUT2D eigenvalue weighted by Gasteiger charge is -2.16. The molecule has 0 saturated carbocycles. The zero-order valence-corrected chi connectivity index (χ0v) is 14.8. The molecule has 1 aromatic heterocycles. The molecule has 2 aromatic carbocycles. The molecule has 1 heterocycles. The fraction of sp³-hybridized carbons (Fsp3) is 0.300. The maximum absolute atomic E-state index is 11.3. The number of rotatable bonds is 7. The molecule has 0 aliphatic carbocycles. The third-order valence-electron chi connectivity index (χ3n) is 4.15. The monoisotopic (exact) mass is 354 g/mol.